The first-order chi connectivity index (χ1) is 15.6. The molecule has 4 rings (SSSR count). The molecule has 4 aromatic rings. The van der Waals surface area contributed by atoms with Crippen LogP contribution in [0.5, 0.6) is 11.5 Å². The molecule has 0 aliphatic carbocycles. The zero-order valence-corrected chi connectivity index (χ0v) is 18.8. The molecule has 0 spiro atoms. The van der Waals surface area contributed by atoms with Crippen LogP contribution in [-0.2, 0) is 6.61 Å². The van der Waals surface area contributed by atoms with E-state index in [1.165, 1.54) is 18.2 Å². The van der Waals surface area contributed by atoms with Crippen molar-refractivity contribution in [3.05, 3.63) is 82.4 Å². The van der Waals surface area contributed by atoms with Gasteiger partial charge in [-0.15, -0.1) is 0 Å². The number of rotatable bonds is 4. The summed E-state index contributed by atoms with van der Waals surface area (Å²) in [5, 5.41) is 45.9. The van der Waals surface area contributed by atoms with Gasteiger partial charge >= 0.3 is 5.97 Å². The Labute approximate surface area is 190 Å². The SMILES string of the molecule is Cc1cc(C)n(-c2ccc(C(=O)O)cc2O)n1.Cc1cc(C)n(-c2ccc(CO)cc2O)n1. The number of phenols is 2. The van der Waals surface area contributed by atoms with Crippen molar-refractivity contribution < 1.29 is 25.2 Å². The Balaban J connectivity index is 0.000000186. The van der Waals surface area contributed by atoms with Crippen LogP contribution in [0.1, 0.15) is 38.7 Å². The molecule has 2 heterocycles. The second kappa shape index (κ2) is 9.58. The highest BCUT2D eigenvalue weighted by atomic mass is 16.4. The lowest BCUT2D eigenvalue weighted by Gasteiger charge is -2.07. The number of aryl methyl sites for hydroxylation is 4. The smallest absolute Gasteiger partial charge is 0.335 e. The molecular formula is C24H26N4O5. The lowest BCUT2D eigenvalue weighted by molar-refractivity contribution is 0.0696. The molecule has 0 bridgehead atoms. The van der Waals surface area contributed by atoms with Crippen LogP contribution < -0.4 is 0 Å². The van der Waals surface area contributed by atoms with E-state index in [4.69, 9.17) is 10.2 Å². The Kier molecular flexibility index (Phi) is 6.83. The van der Waals surface area contributed by atoms with E-state index >= 15 is 0 Å². The molecule has 4 N–H and O–H groups in total. The van der Waals surface area contributed by atoms with Crippen molar-refractivity contribution >= 4 is 5.97 Å². The van der Waals surface area contributed by atoms with E-state index in [0.717, 1.165) is 22.8 Å². The minimum atomic E-state index is -1.07. The summed E-state index contributed by atoms with van der Waals surface area (Å²) in [7, 11) is 0. The van der Waals surface area contributed by atoms with Crippen LogP contribution in [0.4, 0.5) is 0 Å². The normalized spacial score (nSPS) is 10.6. The summed E-state index contributed by atoms with van der Waals surface area (Å²) < 4.78 is 3.27. The predicted molar refractivity (Wildman–Crippen MR) is 122 cm³/mol. The highest BCUT2D eigenvalue weighted by Gasteiger charge is 2.12. The van der Waals surface area contributed by atoms with Crippen LogP contribution in [-0.4, -0.2) is 46.0 Å². The second-order valence-electron chi connectivity index (χ2n) is 7.67. The number of aliphatic hydroxyl groups excluding tert-OH is 1. The highest BCUT2D eigenvalue weighted by molar-refractivity contribution is 5.88. The van der Waals surface area contributed by atoms with Gasteiger partial charge in [-0.05, 0) is 75.7 Å². The maximum absolute atomic E-state index is 10.7. The second-order valence-corrected chi connectivity index (χ2v) is 7.67. The average Bonchev–Trinajstić information content (AvgIpc) is 3.27. The summed E-state index contributed by atoms with van der Waals surface area (Å²) >= 11 is 0. The number of nitrogens with zero attached hydrogens (tertiary/aromatic N) is 4. The Hall–Kier alpha value is -4.11. The van der Waals surface area contributed by atoms with Gasteiger partial charge in [0.2, 0.25) is 0 Å². The van der Waals surface area contributed by atoms with Crippen molar-refractivity contribution in [2.24, 2.45) is 0 Å². The monoisotopic (exact) mass is 450 g/mol. The van der Waals surface area contributed by atoms with E-state index in [9.17, 15) is 15.0 Å². The van der Waals surface area contributed by atoms with Gasteiger partial charge in [-0.3, -0.25) is 0 Å². The molecule has 9 heteroatoms. The summed E-state index contributed by atoms with van der Waals surface area (Å²) in [6, 6.07) is 13.1. The summed E-state index contributed by atoms with van der Waals surface area (Å²) in [4.78, 5) is 10.7. The molecule has 0 aliphatic heterocycles. The van der Waals surface area contributed by atoms with Gasteiger partial charge in [-0.25, -0.2) is 14.2 Å². The zero-order chi connectivity index (χ0) is 24.3. The summed E-state index contributed by atoms with van der Waals surface area (Å²) in [6.07, 6.45) is 0. The number of carbonyl (C=O) groups is 1. The van der Waals surface area contributed by atoms with Crippen LogP contribution in [0.2, 0.25) is 0 Å². The van der Waals surface area contributed by atoms with E-state index in [1.54, 1.807) is 27.6 Å². The van der Waals surface area contributed by atoms with E-state index in [-0.39, 0.29) is 23.7 Å². The van der Waals surface area contributed by atoms with Crippen LogP contribution in [0.3, 0.4) is 0 Å². The number of phenolic OH excluding ortho intramolecular Hbond substituents is 2. The summed E-state index contributed by atoms with van der Waals surface area (Å²) in [6.45, 7) is 7.48. The van der Waals surface area contributed by atoms with Gasteiger partial charge in [-0.1, -0.05) is 6.07 Å². The number of hydrogen-bond donors (Lipinski definition) is 4. The molecule has 0 aliphatic rings. The molecule has 33 heavy (non-hydrogen) atoms. The number of aliphatic hydroxyl groups is 1. The lowest BCUT2D eigenvalue weighted by Crippen LogP contribution is -2.02. The van der Waals surface area contributed by atoms with Gasteiger partial charge in [-0.2, -0.15) is 10.2 Å². The van der Waals surface area contributed by atoms with Gasteiger partial charge in [0, 0.05) is 11.4 Å². The van der Waals surface area contributed by atoms with Crippen molar-refractivity contribution in [3.8, 4) is 22.9 Å². The molecule has 2 aromatic heterocycles. The molecule has 0 radical (unpaired) electrons. The standard InChI is InChI=1S/C12H12N2O3.C12H14N2O2/c1-7-5-8(2)14(13-7)10-4-3-9(12(16)17)6-11(10)15;1-8-5-9(2)14(13-8)11-4-3-10(7-15)6-12(11)16/h3-6,15H,1-2H3,(H,16,17);3-6,15-16H,7H2,1-2H3. The Morgan fingerprint density at radius 3 is 1.64 bits per heavy atom. The average molecular weight is 450 g/mol. The van der Waals surface area contributed by atoms with Crippen LogP contribution in [0.25, 0.3) is 11.4 Å². The molecular weight excluding hydrogens is 424 g/mol. The molecule has 0 amide bonds. The molecule has 0 saturated heterocycles. The van der Waals surface area contributed by atoms with Gasteiger partial charge in [0.05, 0.1) is 23.6 Å². The van der Waals surface area contributed by atoms with Crippen molar-refractivity contribution in [2.45, 2.75) is 34.3 Å². The number of hydrogen-bond acceptors (Lipinski definition) is 6. The van der Waals surface area contributed by atoms with Crippen LogP contribution >= 0.6 is 0 Å². The molecule has 0 atom stereocenters. The Morgan fingerprint density at radius 1 is 0.788 bits per heavy atom. The Morgan fingerprint density at radius 2 is 1.27 bits per heavy atom. The van der Waals surface area contributed by atoms with E-state index in [2.05, 4.69) is 10.2 Å². The third-order valence-corrected chi connectivity index (χ3v) is 4.92. The Bertz CT molecular complexity index is 1310. The maximum Gasteiger partial charge on any atom is 0.335 e. The molecule has 0 unspecified atom stereocenters. The molecule has 172 valence electrons. The number of benzene rings is 2. The van der Waals surface area contributed by atoms with Crippen molar-refractivity contribution in [1.29, 1.82) is 0 Å². The fourth-order valence-corrected chi connectivity index (χ4v) is 3.43. The maximum atomic E-state index is 10.7. The van der Waals surface area contributed by atoms with Gasteiger partial charge in [0.15, 0.2) is 0 Å². The van der Waals surface area contributed by atoms with Crippen molar-refractivity contribution in [1.82, 2.24) is 19.6 Å². The quantitative estimate of drug-likeness (QED) is 0.373. The number of carboxylic acid groups (broad SMARTS) is 1. The third kappa shape index (κ3) is 5.21. The first-order valence-corrected chi connectivity index (χ1v) is 10.2. The van der Waals surface area contributed by atoms with Crippen molar-refractivity contribution in [3.63, 3.8) is 0 Å². The zero-order valence-electron chi connectivity index (χ0n) is 18.8. The summed E-state index contributed by atoms with van der Waals surface area (Å²) in [5.74, 6) is -1.05. The first-order valence-electron chi connectivity index (χ1n) is 10.2. The van der Waals surface area contributed by atoms with E-state index in [1.807, 2.05) is 39.8 Å². The minimum absolute atomic E-state index is 0.0489. The number of carboxylic acids is 1. The number of aromatic nitrogens is 4. The fraction of sp³-hybridized carbons (Fsp3) is 0.208. The molecule has 0 saturated carbocycles. The molecule has 0 fully saturated rings. The molecule has 9 nitrogen and oxygen atoms in total. The predicted octanol–water partition coefficient (Wildman–Crippen LogP) is 3.58. The van der Waals surface area contributed by atoms with Gasteiger partial charge < -0.3 is 20.4 Å². The topological polar surface area (TPSA) is 134 Å². The fourth-order valence-electron chi connectivity index (χ4n) is 3.43. The van der Waals surface area contributed by atoms with Crippen LogP contribution in [0.15, 0.2) is 48.5 Å². The minimum Gasteiger partial charge on any atom is -0.506 e. The van der Waals surface area contributed by atoms with E-state index < -0.39 is 5.97 Å². The van der Waals surface area contributed by atoms with Gasteiger partial charge in [0.25, 0.3) is 0 Å². The first kappa shape index (κ1) is 23.6. The summed E-state index contributed by atoms with van der Waals surface area (Å²) in [5.41, 5.74) is 5.41. The number of aromatic carboxylic acids is 1. The largest absolute Gasteiger partial charge is 0.506 e. The third-order valence-electron chi connectivity index (χ3n) is 4.92. The number of aromatic hydroxyl groups is 2. The lowest BCUT2D eigenvalue weighted by atomic mass is 10.2. The highest BCUT2D eigenvalue weighted by Crippen LogP contribution is 2.25. The molecule has 2 aromatic carbocycles. The van der Waals surface area contributed by atoms with E-state index in [0.29, 0.717) is 16.9 Å². The van der Waals surface area contributed by atoms with Crippen molar-refractivity contribution in [2.75, 3.05) is 0 Å². The van der Waals surface area contributed by atoms with Gasteiger partial charge in [0.1, 0.15) is 22.9 Å². The van der Waals surface area contributed by atoms with Crippen LogP contribution in [0, 0.1) is 27.7 Å².